The summed E-state index contributed by atoms with van der Waals surface area (Å²) in [5.74, 6) is -0.243. The fraction of sp³-hybridized carbons (Fsp3) is 0.188. The number of hydrogen-bond acceptors (Lipinski definition) is 3. The number of amides is 1. The number of aliphatic hydroxyl groups is 1. The Kier molecular flexibility index (Phi) is 5.20. The molecule has 2 rings (SSSR count). The van der Waals surface area contributed by atoms with Crippen LogP contribution in [0, 0.1) is 0 Å². The van der Waals surface area contributed by atoms with Crippen molar-refractivity contribution in [2.75, 3.05) is 18.9 Å². The number of anilines is 1. The minimum atomic E-state index is -0.243. The Morgan fingerprint density at radius 1 is 1.19 bits per heavy atom. The van der Waals surface area contributed by atoms with Crippen molar-refractivity contribution < 1.29 is 9.90 Å². The summed E-state index contributed by atoms with van der Waals surface area (Å²) < 4.78 is 0. The minimum absolute atomic E-state index is 0.112. The summed E-state index contributed by atoms with van der Waals surface area (Å²) in [6.07, 6.45) is 0. The monoisotopic (exact) mass is 304 g/mol. The highest BCUT2D eigenvalue weighted by Crippen LogP contribution is 2.20. The fourth-order valence-electron chi connectivity index (χ4n) is 2.06. The van der Waals surface area contributed by atoms with E-state index in [1.807, 2.05) is 30.3 Å². The van der Waals surface area contributed by atoms with Crippen molar-refractivity contribution in [1.29, 1.82) is 0 Å². The van der Waals surface area contributed by atoms with Gasteiger partial charge < -0.3 is 15.7 Å². The van der Waals surface area contributed by atoms with Crippen molar-refractivity contribution in [3.63, 3.8) is 0 Å². The van der Waals surface area contributed by atoms with E-state index in [9.17, 15) is 9.90 Å². The number of rotatable bonds is 5. The first-order chi connectivity index (χ1) is 10.1. The molecule has 3 N–H and O–H groups in total. The van der Waals surface area contributed by atoms with Crippen LogP contribution in [-0.4, -0.2) is 29.1 Å². The molecule has 2 aromatic rings. The predicted molar refractivity (Wildman–Crippen MR) is 84.1 cm³/mol. The first kappa shape index (κ1) is 15.4. The number of nitrogen functional groups attached to an aromatic ring is 1. The number of halogens is 1. The van der Waals surface area contributed by atoms with Crippen LogP contribution in [0.25, 0.3) is 0 Å². The largest absolute Gasteiger partial charge is 0.398 e. The van der Waals surface area contributed by atoms with Crippen molar-refractivity contribution in [2.24, 2.45) is 0 Å². The molecule has 21 heavy (non-hydrogen) atoms. The summed E-state index contributed by atoms with van der Waals surface area (Å²) in [6.45, 7) is 0.533. The van der Waals surface area contributed by atoms with Crippen LogP contribution >= 0.6 is 11.6 Å². The van der Waals surface area contributed by atoms with Crippen LogP contribution in [0.15, 0.2) is 48.5 Å². The van der Waals surface area contributed by atoms with Crippen molar-refractivity contribution in [3.8, 4) is 0 Å². The smallest absolute Gasteiger partial charge is 0.256 e. The molecule has 0 aromatic heterocycles. The highest BCUT2D eigenvalue weighted by atomic mass is 35.5. The average molecular weight is 305 g/mol. The van der Waals surface area contributed by atoms with Gasteiger partial charge in [-0.2, -0.15) is 0 Å². The zero-order valence-electron chi connectivity index (χ0n) is 11.5. The Balaban J connectivity index is 2.25. The number of aliphatic hydroxyl groups excluding tert-OH is 1. The van der Waals surface area contributed by atoms with Gasteiger partial charge in [0.15, 0.2) is 0 Å². The van der Waals surface area contributed by atoms with E-state index in [2.05, 4.69) is 0 Å². The van der Waals surface area contributed by atoms with Gasteiger partial charge in [-0.25, -0.2) is 0 Å². The molecule has 0 aliphatic heterocycles. The van der Waals surface area contributed by atoms with Crippen LogP contribution in [0.3, 0.4) is 0 Å². The molecule has 0 bridgehead atoms. The second kappa shape index (κ2) is 7.11. The lowest BCUT2D eigenvalue weighted by atomic mass is 10.1. The van der Waals surface area contributed by atoms with E-state index >= 15 is 0 Å². The molecule has 0 heterocycles. The van der Waals surface area contributed by atoms with Gasteiger partial charge in [-0.3, -0.25) is 4.79 Å². The van der Waals surface area contributed by atoms with Gasteiger partial charge in [0.05, 0.1) is 12.2 Å². The van der Waals surface area contributed by atoms with Gasteiger partial charge in [0.25, 0.3) is 5.91 Å². The molecule has 0 unspecified atom stereocenters. The average Bonchev–Trinajstić information content (AvgIpc) is 2.49. The van der Waals surface area contributed by atoms with Crippen LogP contribution in [0.1, 0.15) is 15.9 Å². The predicted octanol–water partition coefficient (Wildman–Crippen LogP) is 2.56. The molecule has 5 heteroatoms. The maximum Gasteiger partial charge on any atom is 0.256 e. The van der Waals surface area contributed by atoms with E-state index in [-0.39, 0.29) is 19.1 Å². The maximum atomic E-state index is 12.6. The number of nitrogens with zero attached hydrogens (tertiary/aromatic N) is 1. The molecule has 1 amide bonds. The SMILES string of the molecule is Nc1ccc(Cl)cc1C(=O)N(CCO)Cc1ccccc1. The van der Waals surface area contributed by atoms with E-state index in [1.54, 1.807) is 23.1 Å². The molecule has 0 saturated heterocycles. The Labute approximate surface area is 128 Å². The number of carbonyl (C=O) groups is 1. The molecule has 0 saturated carbocycles. The van der Waals surface area contributed by atoms with Crippen LogP contribution < -0.4 is 5.73 Å². The normalized spacial score (nSPS) is 10.4. The molecular formula is C16H17ClN2O2. The Hall–Kier alpha value is -2.04. The Bertz CT molecular complexity index is 617. The van der Waals surface area contributed by atoms with Gasteiger partial charge in [0.1, 0.15) is 0 Å². The Morgan fingerprint density at radius 3 is 2.57 bits per heavy atom. The van der Waals surface area contributed by atoms with Crippen molar-refractivity contribution in [1.82, 2.24) is 4.90 Å². The zero-order chi connectivity index (χ0) is 15.2. The maximum absolute atomic E-state index is 12.6. The molecule has 110 valence electrons. The van der Waals surface area contributed by atoms with Crippen molar-refractivity contribution in [3.05, 3.63) is 64.7 Å². The van der Waals surface area contributed by atoms with E-state index in [0.29, 0.717) is 22.8 Å². The summed E-state index contributed by atoms with van der Waals surface area (Å²) in [7, 11) is 0. The third-order valence-electron chi connectivity index (χ3n) is 3.12. The topological polar surface area (TPSA) is 66.6 Å². The summed E-state index contributed by atoms with van der Waals surface area (Å²) in [6, 6.07) is 14.4. The van der Waals surface area contributed by atoms with E-state index in [4.69, 9.17) is 17.3 Å². The van der Waals surface area contributed by atoms with Gasteiger partial charge in [0.2, 0.25) is 0 Å². The number of hydrogen-bond donors (Lipinski definition) is 2. The van der Waals surface area contributed by atoms with E-state index in [0.717, 1.165) is 5.56 Å². The number of carbonyl (C=O) groups excluding carboxylic acids is 1. The number of nitrogens with two attached hydrogens (primary N) is 1. The van der Waals surface area contributed by atoms with Crippen LogP contribution in [0.5, 0.6) is 0 Å². The lowest BCUT2D eigenvalue weighted by Gasteiger charge is -2.22. The molecule has 2 aromatic carbocycles. The Morgan fingerprint density at radius 2 is 1.90 bits per heavy atom. The molecule has 0 aliphatic rings. The lowest BCUT2D eigenvalue weighted by molar-refractivity contribution is 0.0709. The molecular weight excluding hydrogens is 288 g/mol. The molecule has 4 nitrogen and oxygen atoms in total. The molecule has 0 atom stereocenters. The summed E-state index contributed by atoms with van der Waals surface area (Å²) in [5.41, 5.74) is 7.56. The molecule has 0 spiro atoms. The van der Waals surface area contributed by atoms with Gasteiger partial charge in [-0.15, -0.1) is 0 Å². The minimum Gasteiger partial charge on any atom is -0.398 e. The van der Waals surface area contributed by atoms with E-state index < -0.39 is 0 Å². The van der Waals surface area contributed by atoms with Crippen LogP contribution in [0.2, 0.25) is 5.02 Å². The second-order valence-corrected chi connectivity index (χ2v) is 5.10. The molecule has 0 fully saturated rings. The van der Waals surface area contributed by atoms with Gasteiger partial charge in [-0.1, -0.05) is 41.9 Å². The molecule has 0 radical (unpaired) electrons. The summed E-state index contributed by atoms with van der Waals surface area (Å²) in [4.78, 5) is 14.1. The zero-order valence-corrected chi connectivity index (χ0v) is 12.3. The van der Waals surface area contributed by atoms with Crippen LogP contribution in [0.4, 0.5) is 5.69 Å². The quantitative estimate of drug-likeness (QED) is 0.834. The highest BCUT2D eigenvalue weighted by Gasteiger charge is 2.18. The summed E-state index contributed by atoms with van der Waals surface area (Å²) in [5, 5.41) is 9.64. The third kappa shape index (κ3) is 3.97. The fourth-order valence-corrected chi connectivity index (χ4v) is 2.23. The third-order valence-corrected chi connectivity index (χ3v) is 3.35. The first-order valence-corrected chi connectivity index (χ1v) is 6.98. The highest BCUT2D eigenvalue weighted by molar-refractivity contribution is 6.31. The van der Waals surface area contributed by atoms with Gasteiger partial charge in [-0.05, 0) is 23.8 Å². The molecule has 0 aliphatic carbocycles. The number of benzene rings is 2. The second-order valence-electron chi connectivity index (χ2n) is 4.67. The van der Waals surface area contributed by atoms with Gasteiger partial charge in [0, 0.05) is 23.8 Å². The van der Waals surface area contributed by atoms with E-state index in [1.165, 1.54) is 0 Å². The standard InChI is InChI=1S/C16H17ClN2O2/c17-13-6-7-15(18)14(10-13)16(21)19(8-9-20)11-12-4-2-1-3-5-12/h1-7,10,20H,8-9,11,18H2. The first-order valence-electron chi connectivity index (χ1n) is 6.61. The van der Waals surface area contributed by atoms with Crippen LogP contribution in [-0.2, 0) is 6.54 Å². The summed E-state index contributed by atoms with van der Waals surface area (Å²) >= 11 is 5.93. The van der Waals surface area contributed by atoms with Crippen molar-refractivity contribution in [2.45, 2.75) is 6.54 Å². The van der Waals surface area contributed by atoms with Gasteiger partial charge >= 0.3 is 0 Å². The van der Waals surface area contributed by atoms with Crippen molar-refractivity contribution >= 4 is 23.2 Å². The lowest BCUT2D eigenvalue weighted by Crippen LogP contribution is -2.33.